The van der Waals surface area contributed by atoms with Gasteiger partial charge in [0.1, 0.15) is 6.29 Å². The maximum absolute atomic E-state index is 11.1. The highest BCUT2D eigenvalue weighted by Crippen LogP contribution is 2.27. The van der Waals surface area contributed by atoms with Crippen molar-refractivity contribution >= 4 is 6.29 Å². The normalized spacial score (nSPS) is 20.1. The van der Waals surface area contributed by atoms with E-state index in [2.05, 4.69) is 0 Å². The summed E-state index contributed by atoms with van der Waals surface area (Å²) in [5.41, 5.74) is 1.17. The Hall–Kier alpha value is -1.19. The molecule has 1 aromatic rings. The van der Waals surface area contributed by atoms with E-state index in [4.69, 9.17) is 9.47 Å². The molecule has 1 aromatic carbocycles. The van der Waals surface area contributed by atoms with Crippen molar-refractivity contribution in [3.63, 3.8) is 0 Å². The number of aldehydes is 1. The van der Waals surface area contributed by atoms with Crippen LogP contribution in [0.3, 0.4) is 0 Å². The Morgan fingerprint density at radius 1 is 1.29 bits per heavy atom. The monoisotopic (exact) mass is 234 g/mol. The highest BCUT2D eigenvalue weighted by atomic mass is 16.7. The van der Waals surface area contributed by atoms with Crippen molar-refractivity contribution in [2.75, 3.05) is 13.2 Å². The van der Waals surface area contributed by atoms with Crippen LogP contribution >= 0.6 is 0 Å². The van der Waals surface area contributed by atoms with E-state index in [-0.39, 0.29) is 5.92 Å². The molecule has 1 saturated heterocycles. The Kier molecular flexibility index (Phi) is 3.92. The van der Waals surface area contributed by atoms with Gasteiger partial charge in [0.25, 0.3) is 0 Å². The van der Waals surface area contributed by atoms with Crippen LogP contribution in [0, 0.1) is 5.92 Å². The van der Waals surface area contributed by atoms with Crippen LogP contribution in [0.15, 0.2) is 30.3 Å². The lowest BCUT2D eigenvalue weighted by Gasteiger charge is -2.25. The van der Waals surface area contributed by atoms with Crippen LogP contribution in [-0.2, 0) is 20.7 Å². The minimum absolute atomic E-state index is 0.0551. The maximum atomic E-state index is 11.1. The standard InChI is InChI=1S/C14H18O3/c1-14(16-7-8-17-14)10-13(11-15)9-12-5-3-2-4-6-12/h2-6,11,13H,7-10H2,1H3. The lowest BCUT2D eigenvalue weighted by atomic mass is 9.94. The predicted octanol–water partition coefficient (Wildman–Crippen LogP) is 2.20. The first-order chi connectivity index (χ1) is 8.22. The lowest BCUT2D eigenvalue weighted by Crippen LogP contribution is -2.30. The van der Waals surface area contributed by atoms with Crippen molar-refractivity contribution in [2.24, 2.45) is 5.92 Å². The molecule has 3 heteroatoms. The van der Waals surface area contributed by atoms with E-state index < -0.39 is 5.79 Å². The van der Waals surface area contributed by atoms with E-state index in [0.29, 0.717) is 19.6 Å². The fourth-order valence-corrected chi connectivity index (χ4v) is 2.24. The fraction of sp³-hybridized carbons (Fsp3) is 0.500. The molecule has 2 rings (SSSR count). The van der Waals surface area contributed by atoms with Crippen molar-refractivity contribution < 1.29 is 14.3 Å². The molecule has 17 heavy (non-hydrogen) atoms. The second kappa shape index (κ2) is 5.43. The Morgan fingerprint density at radius 3 is 2.53 bits per heavy atom. The summed E-state index contributed by atoms with van der Waals surface area (Å²) >= 11 is 0. The van der Waals surface area contributed by atoms with E-state index >= 15 is 0 Å². The summed E-state index contributed by atoms with van der Waals surface area (Å²) in [5.74, 6) is -0.638. The van der Waals surface area contributed by atoms with Gasteiger partial charge in [-0.1, -0.05) is 30.3 Å². The number of benzene rings is 1. The van der Waals surface area contributed by atoms with Gasteiger partial charge in [-0.3, -0.25) is 0 Å². The third kappa shape index (κ3) is 3.38. The topological polar surface area (TPSA) is 35.5 Å². The van der Waals surface area contributed by atoms with Crippen LogP contribution in [0.4, 0.5) is 0 Å². The zero-order chi connectivity index (χ0) is 12.1. The number of carbonyl (C=O) groups excluding carboxylic acids is 1. The summed E-state index contributed by atoms with van der Waals surface area (Å²) < 4.78 is 11.1. The summed E-state index contributed by atoms with van der Waals surface area (Å²) in [6.45, 7) is 3.14. The smallest absolute Gasteiger partial charge is 0.166 e. The summed E-state index contributed by atoms with van der Waals surface area (Å²) in [5, 5.41) is 0. The van der Waals surface area contributed by atoms with Crippen molar-refractivity contribution in [1.82, 2.24) is 0 Å². The Morgan fingerprint density at radius 2 is 1.94 bits per heavy atom. The van der Waals surface area contributed by atoms with Gasteiger partial charge in [-0.2, -0.15) is 0 Å². The molecule has 0 aromatic heterocycles. The molecular weight excluding hydrogens is 216 g/mol. The highest BCUT2D eigenvalue weighted by molar-refractivity contribution is 5.54. The number of hydrogen-bond donors (Lipinski definition) is 0. The van der Waals surface area contributed by atoms with Gasteiger partial charge in [-0.15, -0.1) is 0 Å². The molecule has 0 saturated carbocycles. The van der Waals surface area contributed by atoms with Crippen LogP contribution in [0.1, 0.15) is 18.9 Å². The van der Waals surface area contributed by atoms with Crippen LogP contribution in [-0.4, -0.2) is 25.3 Å². The first-order valence-electron chi connectivity index (χ1n) is 5.99. The van der Waals surface area contributed by atoms with Gasteiger partial charge < -0.3 is 14.3 Å². The SMILES string of the molecule is CC1(CC(C=O)Cc2ccccc2)OCCO1. The fourth-order valence-electron chi connectivity index (χ4n) is 2.24. The first kappa shape index (κ1) is 12.3. The van der Waals surface area contributed by atoms with E-state index in [9.17, 15) is 4.79 Å². The lowest BCUT2D eigenvalue weighted by molar-refractivity contribution is -0.157. The van der Waals surface area contributed by atoms with Crippen molar-refractivity contribution in [3.05, 3.63) is 35.9 Å². The average Bonchev–Trinajstić information content (AvgIpc) is 2.76. The van der Waals surface area contributed by atoms with Gasteiger partial charge >= 0.3 is 0 Å². The summed E-state index contributed by atoms with van der Waals surface area (Å²) in [4.78, 5) is 11.1. The molecule has 1 atom stereocenters. The van der Waals surface area contributed by atoms with Gasteiger partial charge in [0.2, 0.25) is 0 Å². The second-order valence-corrected chi connectivity index (χ2v) is 4.62. The minimum atomic E-state index is -0.583. The zero-order valence-electron chi connectivity index (χ0n) is 10.1. The molecule has 0 radical (unpaired) electrons. The Bertz CT molecular complexity index is 355. The third-order valence-corrected chi connectivity index (χ3v) is 3.06. The molecule has 1 fully saturated rings. The van der Waals surface area contributed by atoms with E-state index in [1.54, 1.807) is 0 Å². The summed E-state index contributed by atoms with van der Waals surface area (Å²) in [7, 11) is 0. The summed E-state index contributed by atoms with van der Waals surface area (Å²) in [6.07, 6.45) is 2.36. The van der Waals surface area contributed by atoms with Crippen molar-refractivity contribution in [2.45, 2.75) is 25.6 Å². The molecule has 0 N–H and O–H groups in total. The average molecular weight is 234 g/mol. The zero-order valence-corrected chi connectivity index (χ0v) is 10.1. The van der Waals surface area contributed by atoms with E-state index in [0.717, 1.165) is 12.7 Å². The molecule has 0 aliphatic carbocycles. The van der Waals surface area contributed by atoms with Crippen LogP contribution < -0.4 is 0 Å². The van der Waals surface area contributed by atoms with Crippen molar-refractivity contribution in [1.29, 1.82) is 0 Å². The summed E-state index contributed by atoms with van der Waals surface area (Å²) in [6, 6.07) is 10.0. The van der Waals surface area contributed by atoms with Crippen LogP contribution in [0.2, 0.25) is 0 Å². The first-order valence-corrected chi connectivity index (χ1v) is 5.99. The molecule has 0 spiro atoms. The van der Waals surface area contributed by atoms with E-state index in [1.807, 2.05) is 37.3 Å². The largest absolute Gasteiger partial charge is 0.348 e. The number of ether oxygens (including phenoxy) is 2. The Labute approximate surface area is 102 Å². The van der Waals surface area contributed by atoms with Gasteiger partial charge in [0.05, 0.1) is 13.2 Å². The quantitative estimate of drug-likeness (QED) is 0.733. The maximum Gasteiger partial charge on any atom is 0.166 e. The number of rotatable bonds is 5. The van der Waals surface area contributed by atoms with Gasteiger partial charge in [-0.25, -0.2) is 0 Å². The van der Waals surface area contributed by atoms with Crippen LogP contribution in [0.25, 0.3) is 0 Å². The van der Waals surface area contributed by atoms with Gasteiger partial charge in [0, 0.05) is 12.3 Å². The highest BCUT2D eigenvalue weighted by Gasteiger charge is 2.33. The third-order valence-electron chi connectivity index (χ3n) is 3.06. The van der Waals surface area contributed by atoms with Gasteiger partial charge in [-0.05, 0) is 18.9 Å². The van der Waals surface area contributed by atoms with Gasteiger partial charge in [0.15, 0.2) is 5.79 Å². The predicted molar refractivity (Wildman–Crippen MR) is 64.6 cm³/mol. The molecule has 92 valence electrons. The molecule has 1 unspecified atom stereocenters. The van der Waals surface area contributed by atoms with E-state index in [1.165, 1.54) is 5.56 Å². The molecule has 1 aliphatic rings. The number of hydrogen-bond acceptors (Lipinski definition) is 3. The number of carbonyl (C=O) groups is 1. The van der Waals surface area contributed by atoms with Crippen LogP contribution in [0.5, 0.6) is 0 Å². The molecular formula is C14H18O3. The molecule has 1 aliphatic heterocycles. The Balaban J connectivity index is 1.95. The molecule has 1 heterocycles. The molecule has 0 amide bonds. The second-order valence-electron chi connectivity index (χ2n) is 4.62. The minimum Gasteiger partial charge on any atom is -0.348 e. The molecule has 3 nitrogen and oxygen atoms in total. The van der Waals surface area contributed by atoms with Crippen molar-refractivity contribution in [3.8, 4) is 0 Å². The molecule has 0 bridgehead atoms.